The molecule has 0 saturated heterocycles. The number of benzene rings is 1. The van der Waals surface area contributed by atoms with Crippen LogP contribution in [0.15, 0.2) is 24.3 Å². The van der Waals surface area contributed by atoms with E-state index in [4.69, 9.17) is 14.2 Å². The molecule has 0 fully saturated rings. The van der Waals surface area contributed by atoms with E-state index in [-0.39, 0.29) is 6.29 Å². The summed E-state index contributed by atoms with van der Waals surface area (Å²) in [4.78, 5) is 0. The van der Waals surface area contributed by atoms with Crippen LogP contribution in [0, 0.1) is 0 Å². The smallest absolute Gasteiger partial charge is 0.191 e. The quantitative estimate of drug-likeness (QED) is 0.683. The molecule has 0 radical (unpaired) electrons. The Balaban J connectivity index is 2.70. The maximum atomic E-state index is 5.75. The third-order valence-corrected chi connectivity index (χ3v) is 2.96. The first-order chi connectivity index (χ1) is 8.22. The molecule has 0 aliphatic carbocycles. The highest BCUT2D eigenvalue weighted by Gasteiger charge is 2.11. The van der Waals surface area contributed by atoms with Gasteiger partial charge < -0.3 is 14.2 Å². The van der Waals surface area contributed by atoms with Crippen molar-refractivity contribution < 1.29 is 14.2 Å². The van der Waals surface area contributed by atoms with Crippen LogP contribution in [0.3, 0.4) is 0 Å². The summed E-state index contributed by atoms with van der Waals surface area (Å²) in [7, 11) is 3.22. The van der Waals surface area contributed by atoms with Crippen molar-refractivity contribution in [2.24, 2.45) is 0 Å². The Morgan fingerprint density at radius 3 is 2.35 bits per heavy atom. The Morgan fingerprint density at radius 2 is 1.76 bits per heavy atom. The molecule has 1 aromatic carbocycles. The summed E-state index contributed by atoms with van der Waals surface area (Å²) >= 11 is 0. The fourth-order valence-corrected chi connectivity index (χ4v) is 1.63. The normalized spacial score (nSPS) is 12.8. The van der Waals surface area contributed by atoms with E-state index in [1.54, 1.807) is 14.2 Å². The molecule has 1 unspecified atom stereocenters. The SMILES string of the molecule is CCC(C)c1ccccc1OCC(OC)OC. The van der Waals surface area contributed by atoms with E-state index in [0.29, 0.717) is 12.5 Å². The van der Waals surface area contributed by atoms with Gasteiger partial charge in [-0.25, -0.2) is 0 Å². The molecule has 0 amide bonds. The first-order valence-corrected chi connectivity index (χ1v) is 6.00. The van der Waals surface area contributed by atoms with Crippen molar-refractivity contribution in [1.82, 2.24) is 0 Å². The second-order valence-electron chi connectivity index (χ2n) is 4.06. The third-order valence-electron chi connectivity index (χ3n) is 2.96. The van der Waals surface area contributed by atoms with Crippen molar-refractivity contribution in [2.45, 2.75) is 32.5 Å². The summed E-state index contributed by atoms with van der Waals surface area (Å²) < 4.78 is 16.0. The number of para-hydroxylation sites is 1. The van der Waals surface area contributed by atoms with Crippen LogP contribution in [0.1, 0.15) is 31.7 Å². The average Bonchev–Trinajstić information content (AvgIpc) is 2.39. The number of ether oxygens (including phenoxy) is 3. The van der Waals surface area contributed by atoms with Crippen molar-refractivity contribution in [3.8, 4) is 5.75 Å². The van der Waals surface area contributed by atoms with Gasteiger partial charge in [0.15, 0.2) is 6.29 Å². The molecule has 3 nitrogen and oxygen atoms in total. The van der Waals surface area contributed by atoms with Crippen LogP contribution in [0.25, 0.3) is 0 Å². The molecule has 1 rings (SSSR count). The van der Waals surface area contributed by atoms with E-state index in [2.05, 4.69) is 19.9 Å². The zero-order valence-corrected chi connectivity index (χ0v) is 11.1. The Hall–Kier alpha value is -1.06. The molecule has 0 saturated carbocycles. The van der Waals surface area contributed by atoms with Gasteiger partial charge in [-0.15, -0.1) is 0 Å². The van der Waals surface area contributed by atoms with E-state index in [9.17, 15) is 0 Å². The first-order valence-electron chi connectivity index (χ1n) is 6.00. The van der Waals surface area contributed by atoms with Crippen LogP contribution >= 0.6 is 0 Å². The molecule has 0 N–H and O–H groups in total. The number of rotatable bonds is 7. The Morgan fingerprint density at radius 1 is 1.12 bits per heavy atom. The summed E-state index contributed by atoms with van der Waals surface area (Å²) in [6.07, 6.45) is 0.776. The molecule has 3 heteroatoms. The van der Waals surface area contributed by atoms with Gasteiger partial charge in [-0.05, 0) is 24.0 Å². The highest BCUT2D eigenvalue weighted by molar-refractivity contribution is 5.35. The Kier molecular flexibility index (Phi) is 6.01. The van der Waals surface area contributed by atoms with Crippen LogP contribution in [0.4, 0.5) is 0 Å². The monoisotopic (exact) mass is 238 g/mol. The fourth-order valence-electron chi connectivity index (χ4n) is 1.63. The minimum atomic E-state index is -0.319. The number of methoxy groups -OCH3 is 2. The van der Waals surface area contributed by atoms with Crippen molar-refractivity contribution in [3.63, 3.8) is 0 Å². The van der Waals surface area contributed by atoms with Gasteiger partial charge in [0.25, 0.3) is 0 Å². The van der Waals surface area contributed by atoms with Gasteiger partial charge in [0.1, 0.15) is 12.4 Å². The Labute approximate surface area is 104 Å². The molecule has 1 atom stereocenters. The van der Waals surface area contributed by atoms with Gasteiger partial charge in [0.05, 0.1) is 0 Å². The first kappa shape index (κ1) is 14.0. The van der Waals surface area contributed by atoms with Gasteiger partial charge in [-0.2, -0.15) is 0 Å². The lowest BCUT2D eigenvalue weighted by Gasteiger charge is -2.18. The van der Waals surface area contributed by atoms with Crippen LogP contribution in [0.2, 0.25) is 0 Å². The van der Waals surface area contributed by atoms with Crippen LogP contribution in [0.5, 0.6) is 5.75 Å². The molecule has 17 heavy (non-hydrogen) atoms. The number of hydrogen-bond acceptors (Lipinski definition) is 3. The third kappa shape index (κ3) is 4.02. The molecule has 1 aromatic rings. The minimum Gasteiger partial charge on any atom is -0.488 e. The lowest BCUT2D eigenvalue weighted by molar-refractivity contribution is -0.122. The highest BCUT2D eigenvalue weighted by atomic mass is 16.7. The van der Waals surface area contributed by atoms with Crippen LogP contribution in [-0.4, -0.2) is 27.1 Å². The minimum absolute atomic E-state index is 0.319. The second kappa shape index (κ2) is 7.30. The molecule has 0 aromatic heterocycles. The maximum absolute atomic E-state index is 5.75. The van der Waals surface area contributed by atoms with Crippen LogP contribution < -0.4 is 4.74 Å². The van der Waals surface area contributed by atoms with Crippen molar-refractivity contribution in [3.05, 3.63) is 29.8 Å². The largest absolute Gasteiger partial charge is 0.488 e. The standard InChI is InChI=1S/C14H22O3/c1-5-11(2)12-8-6-7-9-13(12)17-10-14(15-3)16-4/h6-9,11,14H,5,10H2,1-4H3. The zero-order valence-electron chi connectivity index (χ0n) is 11.1. The van der Waals surface area contributed by atoms with E-state index in [0.717, 1.165) is 12.2 Å². The zero-order chi connectivity index (χ0) is 12.7. The van der Waals surface area contributed by atoms with E-state index < -0.39 is 0 Å². The lowest BCUT2D eigenvalue weighted by atomic mass is 9.98. The molecule has 0 bridgehead atoms. The van der Waals surface area contributed by atoms with Gasteiger partial charge in [-0.1, -0.05) is 32.0 Å². The summed E-state index contributed by atoms with van der Waals surface area (Å²) in [5.74, 6) is 1.41. The summed E-state index contributed by atoms with van der Waals surface area (Å²) in [5.41, 5.74) is 1.24. The summed E-state index contributed by atoms with van der Waals surface area (Å²) in [5, 5.41) is 0. The number of hydrogen-bond donors (Lipinski definition) is 0. The van der Waals surface area contributed by atoms with E-state index in [1.165, 1.54) is 5.56 Å². The molecule has 0 spiro atoms. The highest BCUT2D eigenvalue weighted by Crippen LogP contribution is 2.28. The maximum Gasteiger partial charge on any atom is 0.191 e. The topological polar surface area (TPSA) is 27.7 Å². The van der Waals surface area contributed by atoms with Gasteiger partial charge in [0.2, 0.25) is 0 Å². The molecule has 0 aliphatic heterocycles. The Bertz CT molecular complexity index is 321. The predicted octanol–water partition coefficient (Wildman–Crippen LogP) is 3.20. The van der Waals surface area contributed by atoms with Gasteiger partial charge in [-0.3, -0.25) is 0 Å². The predicted molar refractivity (Wildman–Crippen MR) is 68.4 cm³/mol. The van der Waals surface area contributed by atoms with Gasteiger partial charge >= 0.3 is 0 Å². The van der Waals surface area contributed by atoms with Crippen molar-refractivity contribution >= 4 is 0 Å². The molecular formula is C14H22O3. The van der Waals surface area contributed by atoms with Crippen LogP contribution in [-0.2, 0) is 9.47 Å². The molecular weight excluding hydrogens is 216 g/mol. The van der Waals surface area contributed by atoms with Crippen molar-refractivity contribution in [1.29, 1.82) is 0 Å². The van der Waals surface area contributed by atoms with E-state index >= 15 is 0 Å². The van der Waals surface area contributed by atoms with E-state index in [1.807, 2.05) is 18.2 Å². The summed E-state index contributed by atoms with van der Waals surface area (Å²) in [6.45, 7) is 4.78. The van der Waals surface area contributed by atoms with Crippen molar-refractivity contribution in [2.75, 3.05) is 20.8 Å². The molecule has 0 aliphatic rings. The lowest BCUT2D eigenvalue weighted by Crippen LogP contribution is -2.22. The molecule has 0 heterocycles. The molecule has 96 valence electrons. The average molecular weight is 238 g/mol. The second-order valence-corrected chi connectivity index (χ2v) is 4.06. The summed E-state index contributed by atoms with van der Waals surface area (Å²) in [6, 6.07) is 8.12. The fraction of sp³-hybridized carbons (Fsp3) is 0.571. The van der Waals surface area contributed by atoms with Gasteiger partial charge in [0, 0.05) is 14.2 Å².